The molecule has 0 radical (unpaired) electrons. The molecule has 0 saturated heterocycles. The number of rotatable bonds is 4. The van der Waals surface area contributed by atoms with Crippen molar-refractivity contribution in [3.63, 3.8) is 0 Å². The smallest absolute Gasteiger partial charge is 0.205 e. The summed E-state index contributed by atoms with van der Waals surface area (Å²) in [5.74, 6) is -0.298. The van der Waals surface area contributed by atoms with Gasteiger partial charge in [0.25, 0.3) is 0 Å². The number of carbonyl (C=O) groups excluding carboxylic acids is 1. The van der Waals surface area contributed by atoms with Crippen LogP contribution < -0.4 is 0 Å². The molecule has 3 aromatic rings. The molecule has 0 spiro atoms. The molecule has 1 heterocycles. The van der Waals surface area contributed by atoms with E-state index in [1.54, 1.807) is 55.4 Å². The minimum atomic E-state index is -0.298. The number of benzene rings is 2. The molecule has 0 aliphatic heterocycles. The number of ketones is 1. The first-order valence-electron chi connectivity index (χ1n) is 8.63. The highest BCUT2D eigenvalue weighted by Crippen LogP contribution is 2.22. The maximum Gasteiger partial charge on any atom is 0.205 e. The van der Waals surface area contributed by atoms with E-state index in [1.807, 2.05) is 18.2 Å². The van der Waals surface area contributed by atoms with Crippen molar-refractivity contribution in [1.29, 1.82) is 10.5 Å². The van der Waals surface area contributed by atoms with E-state index in [9.17, 15) is 4.79 Å². The molecule has 0 aliphatic rings. The number of Topliss-reactive ketones (excluding diaryl/α,β-unsaturated/α-hetero) is 1. The van der Waals surface area contributed by atoms with Gasteiger partial charge < -0.3 is 4.90 Å². The molecule has 0 fully saturated rings. The van der Waals surface area contributed by atoms with Crippen molar-refractivity contribution < 1.29 is 4.79 Å². The Kier molecular flexibility index (Phi) is 8.19. The van der Waals surface area contributed by atoms with Gasteiger partial charge in [-0.05, 0) is 36.4 Å². The van der Waals surface area contributed by atoms with Gasteiger partial charge in [0.15, 0.2) is 0 Å². The number of aromatic amines is 1. The first-order valence-corrected chi connectivity index (χ1v) is 9.39. The van der Waals surface area contributed by atoms with E-state index >= 15 is 0 Å². The van der Waals surface area contributed by atoms with Crippen molar-refractivity contribution in [2.45, 2.75) is 0 Å². The van der Waals surface area contributed by atoms with Gasteiger partial charge in [-0.1, -0.05) is 35.3 Å². The zero-order valence-corrected chi connectivity index (χ0v) is 17.7. The van der Waals surface area contributed by atoms with Crippen molar-refractivity contribution in [2.24, 2.45) is 0 Å². The molecule has 0 aliphatic carbocycles. The summed E-state index contributed by atoms with van der Waals surface area (Å²) >= 11 is 11.5. The summed E-state index contributed by atoms with van der Waals surface area (Å²) in [6.07, 6.45) is 3.00. The van der Waals surface area contributed by atoms with Crippen LogP contribution in [0.1, 0.15) is 15.9 Å². The van der Waals surface area contributed by atoms with E-state index in [4.69, 9.17) is 33.7 Å². The number of allylic oxidation sites excluding steroid dienone is 1. The summed E-state index contributed by atoms with van der Waals surface area (Å²) in [5, 5.41) is 25.5. The van der Waals surface area contributed by atoms with Gasteiger partial charge in [-0.15, -0.1) is 0 Å². The Hall–Kier alpha value is -3.58. The maximum atomic E-state index is 11.9. The van der Waals surface area contributed by atoms with Gasteiger partial charge in [0.05, 0.1) is 17.5 Å². The summed E-state index contributed by atoms with van der Waals surface area (Å²) in [4.78, 5) is 13.5. The Morgan fingerprint density at radius 1 is 1.03 bits per heavy atom. The third-order valence-electron chi connectivity index (χ3n) is 3.75. The van der Waals surface area contributed by atoms with Crippen LogP contribution in [0.3, 0.4) is 0 Å². The number of nitrogens with zero attached hydrogens (tertiary/aromatic N) is 4. The van der Waals surface area contributed by atoms with Crippen molar-refractivity contribution in [3.05, 3.63) is 87.7 Å². The summed E-state index contributed by atoms with van der Waals surface area (Å²) in [6.45, 7) is 0. The zero-order chi connectivity index (χ0) is 22.1. The summed E-state index contributed by atoms with van der Waals surface area (Å²) in [6, 6.07) is 17.6. The number of nitrogens with one attached hydrogen (secondary N) is 1. The van der Waals surface area contributed by atoms with E-state index in [0.717, 1.165) is 11.3 Å². The Balaban J connectivity index is 0.000000215. The predicted molar refractivity (Wildman–Crippen MR) is 117 cm³/mol. The normalized spacial score (nSPS) is 10.3. The minimum absolute atomic E-state index is 0.104. The van der Waals surface area contributed by atoms with E-state index in [-0.39, 0.29) is 11.4 Å². The van der Waals surface area contributed by atoms with Gasteiger partial charge in [-0.25, -0.2) is 0 Å². The number of nitriles is 2. The molecule has 0 saturated carbocycles. The van der Waals surface area contributed by atoms with Crippen LogP contribution in [0.4, 0.5) is 0 Å². The van der Waals surface area contributed by atoms with Gasteiger partial charge in [-0.2, -0.15) is 15.6 Å². The lowest BCUT2D eigenvalue weighted by atomic mass is 10.1. The van der Waals surface area contributed by atoms with Crippen LogP contribution in [0, 0.1) is 22.7 Å². The Morgan fingerprint density at radius 3 is 2.10 bits per heavy atom. The second-order valence-corrected chi connectivity index (χ2v) is 7.10. The lowest BCUT2D eigenvalue weighted by Crippen LogP contribution is -2.08. The molecule has 0 bridgehead atoms. The van der Waals surface area contributed by atoms with Crippen molar-refractivity contribution >= 4 is 29.0 Å². The average Bonchev–Trinajstić information content (AvgIpc) is 3.22. The fourth-order valence-corrected chi connectivity index (χ4v) is 2.61. The predicted octanol–water partition coefficient (Wildman–Crippen LogP) is 5.09. The fraction of sp³-hybridized carbons (Fsp3) is 0.0909. The van der Waals surface area contributed by atoms with E-state index < -0.39 is 0 Å². The van der Waals surface area contributed by atoms with Crippen LogP contribution in [-0.4, -0.2) is 35.0 Å². The van der Waals surface area contributed by atoms with Gasteiger partial charge >= 0.3 is 0 Å². The molecular weight excluding hydrogens is 421 g/mol. The highest BCUT2D eigenvalue weighted by Gasteiger charge is 2.12. The van der Waals surface area contributed by atoms with Gasteiger partial charge in [0, 0.05) is 41.5 Å². The summed E-state index contributed by atoms with van der Waals surface area (Å²) in [7, 11) is 3.51. The molecular formula is C22H17Cl2N5O. The van der Waals surface area contributed by atoms with E-state index in [0.29, 0.717) is 21.2 Å². The lowest BCUT2D eigenvalue weighted by Gasteiger charge is -2.05. The molecule has 2 aromatic carbocycles. The minimum Gasteiger partial charge on any atom is -0.382 e. The van der Waals surface area contributed by atoms with Crippen molar-refractivity contribution in [3.8, 4) is 23.4 Å². The molecule has 1 N–H and O–H groups in total. The topological polar surface area (TPSA) is 96.6 Å². The van der Waals surface area contributed by atoms with Crippen LogP contribution in [-0.2, 0) is 0 Å². The zero-order valence-electron chi connectivity index (χ0n) is 16.2. The van der Waals surface area contributed by atoms with E-state index in [2.05, 4.69) is 16.3 Å². The third-order valence-corrected chi connectivity index (χ3v) is 4.26. The highest BCUT2D eigenvalue weighted by molar-refractivity contribution is 6.31. The van der Waals surface area contributed by atoms with Crippen LogP contribution in [0.2, 0.25) is 10.0 Å². The molecule has 0 atom stereocenters. The highest BCUT2D eigenvalue weighted by atomic mass is 35.5. The number of hydrogen-bond acceptors (Lipinski definition) is 5. The van der Waals surface area contributed by atoms with Crippen LogP contribution in [0.15, 0.2) is 66.5 Å². The molecule has 150 valence electrons. The molecule has 1 aromatic heterocycles. The van der Waals surface area contributed by atoms with Crippen molar-refractivity contribution in [2.75, 3.05) is 14.1 Å². The largest absolute Gasteiger partial charge is 0.382 e. The molecule has 0 unspecified atom stereocenters. The Labute approximate surface area is 184 Å². The summed E-state index contributed by atoms with van der Waals surface area (Å²) < 4.78 is 0. The quantitative estimate of drug-likeness (QED) is 0.348. The van der Waals surface area contributed by atoms with Crippen LogP contribution in [0.25, 0.3) is 11.3 Å². The van der Waals surface area contributed by atoms with E-state index in [1.165, 1.54) is 12.4 Å². The van der Waals surface area contributed by atoms with Gasteiger partial charge in [-0.3, -0.25) is 9.89 Å². The lowest BCUT2D eigenvalue weighted by molar-refractivity contribution is 0.103. The number of halogens is 2. The standard InChI is InChI=1S/C12H11ClN2O.C10H6ClN3/c1-15(2)8-10(7-14)12(16)9-3-5-11(13)6-4-9;11-9-3-1-7(2-4-9)10-8(5-12)6-13-14-10/h3-6,8H,1-2H3;1-4,6H,(H,13,14)/b10-8+;. The second-order valence-electron chi connectivity index (χ2n) is 6.23. The molecule has 0 amide bonds. The first kappa shape index (κ1) is 22.7. The van der Waals surface area contributed by atoms with Gasteiger partial charge in [0.1, 0.15) is 17.7 Å². The fourth-order valence-electron chi connectivity index (χ4n) is 2.36. The molecule has 30 heavy (non-hydrogen) atoms. The van der Waals surface area contributed by atoms with Crippen LogP contribution in [0.5, 0.6) is 0 Å². The number of carbonyl (C=O) groups is 1. The van der Waals surface area contributed by atoms with Crippen molar-refractivity contribution in [1.82, 2.24) is 15.1 Å². The second kappa shape index (κ2) is 10.8. The molecule has 3 rings (SSSR count). The monoisotopic (exact) mass is 437 g/mol. The maximum absolute atomic E-state index is 11.9. The van der Waals surface area contributed by atoms with Crippen LogP contribution >= 0.6 is 23.2 Å². The number of hydrogen-bond donors (Lipinski definition) is 1. The average molecular weight is 438 g/mol. The molecule has 8 heteroatoms. The van der Waals surface area contributed by atoms with Gasteiger partial charge in [0.2, 0.25) is 5.78 Å². The Morgan fingerprint density at radius 2 is 1.60 bits per heavy atom. The number of aromatic nitrogens is 2. The third kappa shape index (κ3) is 6.22. The first-order chi connectivity index (χ1) is 14.3. The summed E-state index contributed by atoms with van der Waals surface area (Å²) in [5.41, 5.74) is 2.73. The molecule has 6 nitrogen and oxygen atoms in total. The SMILES string of the molecule is CN(C)/C=C(\C#N)C(=O)c1ccc(Cl)cc1.N#Cc1cn[nH]c1-c1ccc(Cl)cc1. The Bertz CT molecular complexity index is 1120. The number of H-pyrrole nitrogens is 1.